The Hall–Kier alpha value is -1.76. The number of primary amides is 1. The van der Waals surface area contributed by atoms with E-state index in [1.165, 1.54) is 13.8 Å². The zero-order valence-electron chi connectivity index (χ0n) is 23.6. The second kappa shape index (κ2) is 14.0. The van der Waals surface area contributed by atoms with Crippen molar-refractivity contribution in [1.29, 1.82) is 0 Å². The van der Waals surface area contributed by atoms with E-state index in [0.717, 1.165) is 36.4 Å². The van der Waals surface area contributed by atoms with Crippen LogP contribution in [0.15, 0.2) is 0 Å². The first-order chi connectivity index (χ1) is 17.7. The molecule has 0 radical (unpaired) electrons. The molecule has 0 bridgehead atoms. The topological polar surface area (TPSA) is 168 Å². The predicted octanol–water partition coefficient (Wildman–Crippen LogP) is 1.45. The number of aliphatic hydroxyl groups is 1. The van der Waals surface area contributed by atoms with Crippen LogP contribution in [0.5, 0.6) is 0 Å². The fourth-order valence-corrected chi connectivity index (χ4v) is 6.52. The molecule has 0 heterocycles. The summed E-state index contributed by atoms with van der Waals surface area (Å²) in [6, 6.07) is -0.686. The highest BCUT2D eigenvalue weighted by molar-refractivity contribution is 7.87. The number of rotatable bonds is 16. The zero-order chi connectivity index (χ0) is 28.7. The monoisotopic (exact) mass is 560 g/mol. The molecule has 0 spiro atoms. The molecule has 11 nitrogen and oxygen atoms in total. The minimum atomic E-state index is -4.20. The molecule has 220 valence electrons. The number of nitrogens with one attached hydrogen (secondary N) is 2. The highest BCUT2D eigenvalue weighted by atomic mass is 32.2. The van der Waals surface area contributed by atoms with Gasteiger partial charge in [0.05, 0.1) is 30.6 Å². The van der Waals surface area contributed by atoms with Crippen molar-refractivity contribution in [3.05, 3.63) is 0 Å². The number of carbonyl (C=O) groups is 3. The second-order valence-corrected chi connectivity index (χ2v) is 13.4. The Bertz CT molecular complexity index is 919. The third kappa shape index (κ3) is 9.77. The fraction of sp³-hybridized carbons (Fsp3) is 0.885. The number of amides is 2. The molecule has 0 aromatic carbocycles. The van der Waals surface area contributed by atoms with Crippen molar-refractivity contribution in [2.45, 2.75) is 104 Å². The first-order valence-electron chi connectivity index (χ1n) is 13.9. The molecular weight excluding hydrogens is 512 g/mol. The van der Waals surface area contributed by atoms with E-state index in [-0.39, 0.29) is 31.5 Å². The number of carbonyl (C=O) groups excluding carboxylic acids is 3. The van der Waals surface area contributed by atoms with Gasteiger partial charge in [-0.2, -0.15) is 17.4 Å². The summed E-state index contributed by atoms with van der Waals surface area (Å²) in [5.41, 5.74) is 3.83. The van der Waals surface area contributed by atoms with E-state index in [1.807, 2.05) is 13.8 Å². The largest absolute Gasteiger partial charge is 0.465 e. The van der Waals surface area contributed by atoms with Gasteiger partial charge in [0, 0.05) is 13.1 Å². The average molecular weight is 561 g/mol. The normalized spacial score (nSPS) is 22.2. The van der Waals surface area contributed by atoms with Crippen molar-refractivity contribution in [3.8, 4) is 0 Å². The van der Waals surface area contributed by atoms with Crippen molar-refractivity contribution in [2.75, 3.05) is 19.7 Å². The number of ether oxygens (including phenoxy) is 1. The molecule has 4 atom stereocenters. The number of nitrogens with two attached hydrogens (primary N) is 1. The maximum atomic E-state index is 13.4. The van der Waals surface area contributed by atoms with Gasteiger partial charge in [-0.05, 0) is 51.9 Å². The Morgan fingerprint density at radius 1 is 1.13 bits per heavy atom. The fourth-order valence-electron chi connectivity index (χ4n) is 4.97. The van der Waals surface area contributed by atoms with Gasteiger partial charge in [-0.25, -0.2) is 0 Å². The van der Waals surface area contributed by atoms with Gasteiger partial charge in [0.1, 0.15) is 5.54 Å². The Labute approximate surface area is 227 Å². The second-order valence-electron chi connectivity index (χ2n) is 11.8. The van der Waals surface area contributed by atoms with E-state index in [0.29, 0.717) is 25.2 Å². The van der Waals surface area contributed by atoms with Crippen molar-refractivity contribution in [1.82, 2.24) is 14.3 Å². The molecule has 2 aliphatic rings. The lowest BCUT2D eigenvalue weighted by Crippen LogP contribution is -2.57. The van der Waals surface area contributed by atoms with Crippen molar-refractivity contribution in [2.24, 2.45) is 29.4 Å². The number of hydrogen-bond acceptors (Lipinski definition) is 7. The molecule has 2 aliphatic carbocycles. The average Bonchev–Trinajstić information content (AvgIpc) is 3.62. The SMILES string of the molecule is CCOC(=O)C(C)(C)NS(=O)(=O)N(CCC(C)C)CC(O)[C@H](CC1CCCCC1)NC(=O)C1CC1C(N)=O. The highest BCUT2D eigenvalue weighted by Gasteiger charge is 2.48. The van der Waals surface area contributed by atoms with Crippen LogP contribution in [0.3, 0.4) is 0 Å². The third-order valence-corrected chi connectivity index (χ3v) is 9.23. The molecule has 2 fully saturated rings. The minimum absolute atomic E-state index is 0.111. The molecule has 38 heavy (non-hydrogen) atoms. The van der Waals surface area contributed by atoms with Gasteiger partial charge in [0.25, 0.3) is 10.2 Å². The van der Waals surface area contributed by atoms with Crippen molar-refractivity contribution < 1.29 is 32.6 Å². The Balaban J connectivity index is 2.22. The van der Waals surface area contributed by atoms with Gasteiger partial charge in [0.2, 0.25) is 11.8 Å². The molecule has 0 aromatic rings. The Morgan fingerprint density at radius 3 is 2.29 bits per heavy atom. The standard InChI is InChI=1S/C26H48N4O7S/c1-6-37-25(34)26(4,5)29-38(35,36)30(13-12-17(2)3)16-22(31)21(14-18-10-8-7-9-11-18)28-24(33)20-15-19(20)23(27)32/h17-22,29,31H,6-16H2,1-5H3,(H2,27,32)(H,28,33)/t19?,20?,21-,22?/m0/s1. The summed E-state index contributed by atoms with van der Waals surface area (Å²) in [7, 11) is -4.20. The number of hydrogen-bond donors (Lipinski definition) is 4. The van der Waals surface area contributed by atoms with Crippen molar-refractivity contribution >= 4 is 28.0 Å². The van der Waals surface area contributed by atoms with Crippen LogP contribution >= 0.6 is 0 Å². The van der Waals surface area contributed by atoms with E-state index < -0.39 is 51.6 Å². The summed E-state index contributed by atoms with van der Waals surface area (Å²) in [6.07, 6.45) is 5.52. The van der Waals surface area contributed by atoms with Crippen LogP contribution in [0.25, 0.3) is 0 Å². The van der Waals surface area contributed by atoms with Crippen molar-refractivity contribution in [3.63, 3.8) is 0 Å². The maximum Gasteiger partial charge on any atom is 0.326 e. The van der Waals surface area contributed by atoms with Gasteiger partial charge >= 0.3 is 5.97 Å². The molecule has 0 aliphatic heterocycles. The molecule has 2 saturated carbocycles. The third-order valence-electron chi connectivity index (χ3n) is 7.45. The van der Waals surface area contributed by atoms with Crippen LogP contribution < -0.4 is 15.8 Å². The van der Waals surface area contributed by atoms with Crippen LogP contribution in [-0.2, 0) is 29.3 Å². The minimum Gasteiger partial charge on any atom is -0.465 e. The van der Waals surface area contributed by atoms with Crippen LogP contribution in [-0.4, -0.2) is 73.0 Å². The Kier molecular flexibility index (Phi) is 12.0. The lowest BCUT2D eigenvalue weighted by molar-refractivity contribution is -0.149. The molecule has 3 unspecified atom stereocenters. The van der Waals surface area contributed by atoms with Crippen LogP contribution in [0, 0.1) is 23.7 Å². The lowest BCUT2D eigenvalue weighted by atomic mass is 9.83. The van der Waals surface area contributed by atoms with Gasteiger partial charge < -0.3 is 20.9 Å². The molecule has 12 heteroatoms. The highest BCUT2D eigenvalue weighted by Crippen LogP contribution is 2.38. The zero-order valence-corrected chi connectivity index (χ0v) is 24.4. The van der Waals surface area contributed by atoms with Crippen LogP contribution in [0.4, 0.5) is 0 Å². The van der Waals surface area contributed by atoms with Gasteiger partial charge in [0.15, 0.2) is 0 Å². The summed E-state index contributed by atoms with van der Waals surface area (Å²) in [4.78, 5) is 36.7. The lowest BCUT2D eigenvalue weighted by Gasteiger charge is -2.34. The quantitative estimate of drug-likeness (QED) is 0.207. The summed E-state index contributed by atoms with van der Waals surface area (Å²) in [5, 5.41) is 14.2. The first kappa shape index (κ1) is 32.5. The Morgan fingerprint density at radius 2 is 1.76 bits per heavy atom. The maximum absolute atomic E-state index is 13.4. The summed E-state index contributed by atoms with van der Waals surface area (Å²) >= 11 is 0. The molecule has 0 saturated heterocycles. The predicted molar refractivity (Wildman–Crippen MR) is 144 cm³/mol. The van der Waals surface area contributed by atoms with Gasteiger partial charge in [-0.3, -0.25) is 14.4 Å². The summed E-state index contributed by atoms with van der Waals surface area (Å²) in [6.45, 7) is 8.40. The molecule has 5 N–H and O–H groups in total. The first-order valence-corrected chi connectivity index (χ1v) is 15.4. The van der Waals surface area contributed by atoms with E-state index in [2.05, 4.69) is 10.0 Å². The van der Waals surface area contributed by atoms with Gasteiger partial charge in [-0.1, -0.05) is 46.0 Å². The number of aliphatic hydroxyl groups excluding tert-OH is 1. The molecule has 2 rings (SSSR count). The van der Waals surface area contributed by atoms with Crippen LogP contribution in [0.2, 0.25) is 0 Å². The molecule has 0 aromatic heterocycles. The molecule has 2 amide bonds. The number of nitrogens with zero attached hydrogens (tertiary/aromatic N) is 1. The summed E-state index contributed by atoms with van der Waals surface area (Å²) < 4.78 is 35.4. The molecular formula is C26H48N4O7S. The van der Waals surface area contributed by atoms with Crippen LogP contribution in [0.1, 0.15) is 86.0 Å². The number of esters is 1. The van der Waals surface area contributed by atoms with Gasteiger partial charge in [-0.15, -0.1) is 0 Å². The smallest absolute Gasteiger partial charge is 0.326 e. The van der Waals surface area contributed by atoms with E-state index in [4.69, 9.17) is 10.5 Å². The van der Waals surface area contributed by atoms with E-state index in [9.17, 15) is 27.9 Å². The van der Waals surface area contributed by atoms with E-state index in [1.54, 1.807) is 6.92 Å². The summed E-state index contributed by atoms with van der Waals surface area (Å²) in [5.74, 6) is -2.08. The van der Waals surface area contributed by atoms with E-state index >= 15 is 0 Å².